The summed E-state index contributed by atoms with van der Waals surface area (Å²) in [7, 11) is 1.40. The first-order valence-corrected chi connectivity index (χ1v) is 6.47. The van der Waals surface area contributed by atoms with Gasteiger partial charge in [0.15, 0.2) is 0 Å². The second-order valence-electron chi connectivity index (χ2n) is 4.67. The Balaban J connectivity index is 3.20. The molecular formula is C13H21N3O5. The first-order chi connectivity index (χ1) is 9.80. The molecule has 3 N–H and O–H groups in total. The average Bonchev–Trinajstić information content (AvgIpc) is 2.38. The number of aliphatic hydroxyl groups is 2. The van der Waals surface area contributed by atoms with Crippen molar-refractivity contribution in [2.45, 2.75) is 32.2 Å². The Kier molecular flexibility index (Phi) is 6.03. The number of anilines is 1. The highest BCUT2D eigenvalue weighted by Crippen LogP contribution is 2.24. The number of hydrogen-bond donors (Lipinski definition) is 3. The Bertz CT molecular complexity index is 456. The highest BCUT2D eigenvalue weighted by molar-refractivity contribution is 5.48. The van der Waals surface area contributed by atoms with Gasteiger partial charge in [-0.2, -0.15) is 0 Å². The van der Waals surface area contributed by atoms with Gasteiger partial charge >= 0.3 is 0 Å². The molecule has 0 fully saturated rings. The molecule has 8 heteroatoms. The van der Waals surface area contributed by atoms with E-state index >= 15 is 0 Å². The van der Waals surface area contributed by atoms with E-state index in [0.29, 0.717) is 5.69 Å². The summed E-state index contributed by atoms with van der Waals surface area (Å²) in [5, 5.41) is 34.2. The van der Waals surface area contributed by atoms with Crippen LogP contribution in [0, 0.1) is 10.1 Å². The van der Waals surface area contributed by atoms with Gasteiger partial charge in [0.25, 0.3) is 12.4 Å². The smallest absolute Gasteiger partial charge is 0.267 e. The maximum Gasteiger partial charge on any atom is 0.267 e. The number of methoxy groups -OCH3 is 1. The number of aliphatic hydroxyl groups excluding tert-OH is 1. The van der Waals surface area contributed by atoms with Gasteiger partial charge < -0.3 is 14.9 Å². The molecule has 0 aromatic heterocycles. The van der Waals surface area contributed by atoms with Crippen molar-refractivity contribution in [3.05, 3.63) is 40.4 Å². The van der Waals surface area contributed by atoms with Crippen LogP contribution in [0.15, 0.2) is 30.3 Å². The molecule has 3 unspecified atom stereocenters. The molecule has 1 rings (SSSR count). The molecule has 21 heavy (non-hydrogen) atoms. The summed E-state index contributed by atoms with van der Waals surface area (Å²) in [6, 6.07) is 8.45. The summed E-state index contributed by atoms with van der Waals surface area (Å²) in [5.41, 5.74) is 0.438. The standard InChI is InChI=1S/C13H21N3O5/c1-10(21-3)14-13(18,9-15(19)20)16(11(2)17)12-7-5-4-6-8-12/h4-8,10-11,14,17-18H,9H2,1-3H3. The summed E-state index contributed by atoms with van der Waals surface area (Å²) < 4.78 is 4.99. The maximum atomic E-state index is 10.9. The molecule has 8 nitrogen and oxygen atoms in total. The number of benzene rings is 1. The number of nitro groups is 1. The van der Waals surface area contributed by atoms with E-state index in [4.69, 9.17) is 4.74 Å². The lowest BCUT2D eigenvalue weighted by Crippen LogP contribution is -2.67. The third-order valence-corrected chi connectivity index (χ3v) is 2.94. The maximum absolute atomic E-state index is 10.9. The Morgan fingerprint density at radius 3 is 2.43 bits per heavy atom. The molecule has 0 spiro atoms. The third-order valence-electron chi connectivity index (χ3n) is 2.94. The first kappa shape index (κ1) is 17.3. The molecule has 0 saturated carbocycles. The molecular weight excluding hydrogens is 278 g/mol. The van der Waals surface area contributed by atoms with Crippen LogP contribution in [0.4, 0.5) is 5.69 Å². The fourth-order valence-electron chi connectivity index (χ4n) is 2.08. The van der Waals surface area contributed by atoms with Crippen LogP contribution < -0.4 is 10.2 Å². The van der Waals surface area contributed by atoms with Crippen LogP contribution in [-0.4, -0.2) is 47.1 Å². The highest BCUT2D eigenvalue weighted by atomic mass is 16.6. The van der Waals surface area contributed by atoms with Crippen LogP contribution in [0.5, 0.6) is 0 Å². The summed E-state index contributed by atoms with van der Waals surface area (Å²) in [6.45, 7) is 2.17. The summed E-state index contributed by atoms with van der Waals surface area (Å²) in [5.74, 6) is -2.10. The van der Waals surface area contributed by atoms with E-state index in [1.54, 1.807) is 37.3 Å². The molecule has 1 aromatic rings. The van der Waals surface area contributed by atoms with Gasteiger partial charge in [0.2, 0.25) is 0 Å². The van der Waals surface area contributed by atoms with Crippen molar-refractivity contribution in [3.63, 3.8) is 0 Å². The molecule has 0 aliphatic carbocycles. The van der Waals surface area contributed by atoms with E-state index in [2.05, 4.69) is 5.32 Å². The second-order valence-corrected chi connectivity index (χ2v) is 4.67. The SMILES string of the molecule is COC(C)NC(O)(C[N+](=O)[O-])N(c1ccccc1)C(C)O. The lowest BCUT2D eigenvalue weighted by molar-refractivity contribution is -0.504. The van der Waals surface area contributed by atoms with E-state index in [1.165, 1.54) is 14.0 Å². The second kappa shape index (κ2) is 7.32. The average molecular weight is 299 g/mol. The number of nitrogens with zero attached hydrogens (tertiary/aromatic N) is 2. The number of hydrogen-bond acceptors (Lipinski definition) is 7. The summed E-state index contributed by atoms with van der Waals surface area (Å²) in [6.07, 6.45) is -1.81. The van der Waals surface area contributed by atoms with Crippen LogP contribution in [0.3, 0.4) is 0 Å². The first-order valence-electron chi connectivity index (χ1n) is 6.47. The van der Waals surface area contributed by atoms with Crippen molar-refractivity contribution in [1.82, 2.24) is 5.32 Å². The fourth-order valence-corrected chi connectivity index (χ4v) is 2.08. The minimum atomic E-state index is -2.10. The molecule has 0 saturated heterocycles. The van der Waals surface area contributed by atoms with E-state index in [1.807, 2.05) is 0 Å². The van der Waals surface area contributed by atoms with Crippen molar-refractivity contribution in [1.29, 1.82) is 0 Å². The van der Waals surface area contributed by atoms with E-state index in [9.17, 15) is 20.3 Å². The monoisotopic (exact) mass is 299 g/mol. The topological polar surface area (TPSA) is 108 Å². The molecule has 1 aromatic carbocycles. The van der Waals surface area contributed by atoms with E-state index in [-0.39, 0.29) is 0 Å². The zero-order chi connectivity index (χ0) is 16.0. The molecule has 3 atom stereocenters. The van der Waals surface area contributed by atoms with Crippen LogP contribution in [-0.2, 0) is 4.74 Å². The molecule has 0 aliphatic rings. The lowest BCUT2D eigenvalue weighted by atomic mass is 10.2. The van der Waals surface area contributed by atoms with Crippen molar-refractivity contribution < 1.29 is 19.9 Å². The Morgan fingerprint density at radius 2 is 2.00 bits per heavy atom. The predicted molar refractivity (Wildman–Crippen MR) is 77.0 cm³/mol. The van der Waals surface area contributed by atoms with Crippen molar-refractivity contribution in [2.24, 2.45) is 0 Å². The Labute approximate surface area is 123 Å². The molecule has 0 bridgehead atoms. The zero-order valence-electron chi connectivity index (χ0n) is 12.3. The number of ether oxygens (including phenoxy) is 1. The van der Waals surface area contributed by atoms with Gasteiger partial charge in [-0.25, -0.2) is 5.32 Å². The Hall–Kier alpha value is -1.74. The zero-order valence-corrected chi connectivity index (χ0v) is 12.3. The third kappa shape index (κ3) is 4.64. The van der Waals surface area contributed by atoms with Gasteiger partial charge in [0.05, 0.1) is 0 Å². The molecule has 0 aliphatic heterocycles. The lowest BCUT2D eigenvalue weighted by Gasteiger charge is -2.41. The number of para-hydroxylation sites is 1. The van der Waals surface area contributed by atoms with Gasteiger partial charge in [-0.3, -0.25) is 15.0 Å². The molecule has 0 heterocycles. The van der Waals surface area contributed by atoms with Crippen molar-refractivity contribution in [3.8, 4) is 0 Å². The quantitative estimate of drug-likeness (QED) is 0.361. The van der Waals surface area contributed by atoms with Gasteiger partial charge in [-0.15, -0.1) is 0 Å². The predicted octanol–water partition coefficient (Wildman–Crippen LogP) is 0.336. The van der Waals surface area contributed by atoms with Crippen LogP contribution in [0.25, 0.3) is 0 Å². The van der Waals surface area contributed by atoms with E-state index in [0.717, 1.165) is 4.90 Å². The van der Waals surface area contributed by atoms with Gasteiger partial charge in [0, 0.05) is 17.7 Å². The minimum absolute atomic E-state index is 0.438. The van der Waals surface area contributed by atoms with E-state index < -0.39 is 29.8 Å². The normalized spacial score (nSPS) is 16.8. The van der Waals surface area contributed by atoms with Crippen LogP contribution in [0.1, 0.15) is 13.8 Å². The van der Waals surface area contributed by atoms with Gasteiger partial charge in [0.1, 0.15) is 12.5 Å². The summed E-state index contributed by atoms with van der Waals surface area (Å²) >= 11 is 0. The molecule has 118 valence electrons. The molecule has 0 radical (unpaired) electrons. The van der Waals surface area contributed by atoms with Crippen LogP contribution in [0.2, 0.25) is 0 Å². The largest absolute Gasteiger partial charge is 0.374 e. The summed E-state index contributed by atoms with van der Waals surface area (Å²) in [4.78, 5) is 11.4. The van der Waals surface area contributed by atoms with Crippen molar-refractivity contribution >= 4 is 5.69 Å². The Morgan fingerprint density at radius 1 is 1.43 bits per heavy atom. The fraction of sp³-hybridized carbons (Fsp3) is 0.538. The number of nitrogens with one attached hydrogen (secondary N) is 1. The highest BCUT2D eigenvalue weighted by Gasteiger charge is 2.43. The van der Waals surface area contributed by atoms with Gasteiger partial charge in [-0.05, 0) is 26.0 Å². The van der Waals surface area contributed by atoms with Crippen LogP contribution >= 0.6 is 0 Å². The molecule has 0 amide bonds. The van der Waals surface area contributed by atoms with Crippen molar-refractivity contribution in [2.75, 3.05) is 18.6 Å². The van der Waals surface area contributed by atoms with Gasteiger partial charge in [-0.1, -0.05) is 18.2 Å². The minimum Gasteiger partial charge on any atom is -0.374 e. The number of rotatable bonds is 8.